The SMILES string of the molecule is COCc1ccccc1NC(=O)Cc1csc(N2CCCC2=O)n1. The molecule has 1 aliphatic rings. The summed E-state index contributed by atoms with van der Waals surface area (Å²) >= 11 is 1.40. The molecular formula is C17H19N3O3S. The zero-order valence-electron chi connectivity index (χ0n) is 13.4. The lowest BCUT2D eigenvalue weighted by Gasteiger charge is -2.11. The lowest BCUT2D eigenvalue weighted by molar-refractivity contribution is -0.117. The second kappa shape index (κ2) is 7.55. The average Bonchev–Trinajstić information content (AvgIpc) is 3.18. The van der Waals surface area contributed by atoms with Crippen LogP contribution in [0.3, 0.4) is 0 Å². The molecular weight excluding hydrogens is 326 g/mol. The largest absolute Gasteiger partial charge is 0.380 e. The van der Waals surface area contributed by atoms with Crippen molar-refractivity contribution in [2.45, 2.75) is 25.9 Å². The summed E-state index contributed by atoms with van der Waals surface area (Å²) in [5.41, 5.74) is 2.35. The van der Waals surface area contributed by atoms with E-state index in [0.717, 1.165) is 17.7 Å². The van der Waals surface area contributed by atoms with Crippen LogP contribution in [0.15, 0.2) is 29.6 Å². The van der Waals surface area contributed by atoms with Gasteiger partial charge in [-0.25, -0.2) is 4.98 Å². The van der Waals surface area contributed by atoms with Gasteiger partial charge < -0.3 is 10.1 Å². The Balaban J connectivity index is 1.63. The fourth-order valence-corrected chi connectivity index (χ4v) is 3.50. The van der Waals surface area contributed by atoms with E-state index in [1.165, 1.54) is 11.3 Å². The Hall–Kier alpha value is -2.25. The minimum absolute atomic E-state index is 0.105. The molecule has 24 heavy (non-hydrogen) atoms. The molecule has 0 saturated carbocycles. The van der Waals surface area contributed by atoms with Gasteiger partial charge in [0.2, 0.25) is 11.8 Å². The van der Waals surface area contributed by atoms with Crippen LogP contribution in [0.2, 0.25) is 0 Å². The molecule has 1 fully saturated rings. The smallest absolute Gasteiger partial charge is 0.230 e. The van der Waals surface area contributed by atoms with Crippen LogP contribution >= 0.6 is 11.3 Å². The Bertz CT molecular complexity index is 744. The van der Waals surface area contributed by atoms with Crippen LogP contribution in [-0.2, 0) is 27.4 Å². The third-order valence-electron chi connectivity index (χ3n) is 3.78. The molecule has 2 amide bonds. The first-order valence-electron chi connectivity index (χ1n) is 7.79. The molecule has 1 aliphatic heterocycles. The second-order valence-electron chi connectivity index (χ2n) is 5.59. The Morgan fingerprint density at radius 2 is 2.25 bits per heavy atom. The number of amides is 2. The third-order valence-corrected chi connectivity index (χ3v) is 4.69. The summed E-state index contributed by atoms with van der Waals surface area (Å²) in [6.07, 6.45) is 1.62. The van der Waals surface area contributed by atoms with Crippen molar-refractivity contribution in [3.63, 3.8) is 0 Å². The predicted octanol–water partition coefficient (Wildman–Crippen LogP) is 2.60. The van der Waals surface area contributed by atoms with Crippen molar-refractivity contribution in [1.29, 1.82) is 0 Å². The minimum Gasteiger partial charge on any atom is -0.380 e. The highest BCUT2D eigenvalue weighted by atomic mass is 32.1. The van der Waals surface area contributed by atoms with Crippen molar-refractivity contribution in [2.24, 2.45) is 0 Å². The van der Waals surface area contributed by atoms with Crippen LogP contribution in [0, 0.1) is 0 Å². The molecule has 0 atom stereocenters. The maximum atomic E-state index is 12.3. The number of aromatic nitrogens is 1. The van der Waals surface area contributed by atoms with Crippen LogP contribution in [0.1, 0.15) is 24.1 Å². The van der Waals surface area contributed by atoms with E-state index in [9.17, 15) is 9.59 Å². The Kier molecular flexibility index (Phi) is 5.22. The predicted molar refractivity (Wildman–Crippen MR) is 93.2 cm³/mol. The fraction of sp³-hybridized carbons (Fsp3) is 0.353. The van der Waals surface area contributed by atoms with Gasteiger partial charge in [0.05, 0.1) is 18.7 Å². The number of methoxy groups -OCH3 is 1. The van der Waals surface area contributed by atoms with E-state index >= 15 is 0 Å². The molecule has 126 valence electrons. The number of nitrogens with one attached hydrogen (secondary N) is 1. The standard InChI is InChI=1S/C17H19N3O3S/c1-23-10-12-5-2-3-6-14(12)19-15(21)9-13-11-24-17(18-13)20-8-4-7-16(20)22/h2-3,5-6,11H,4,7-10H2,1H3,(H,19,21). The van der Waals surface area contributed by atoms with Gasteiger partial charge in [-0.05, 0) is 12.5 Å². The average molecular weight is 345 g/mol. The van der Waals surface area contributed by atoms with Crippen molar-refractivity contribution in [1.82, 2.24) is 4.98 Å². The van der Waals surface area contributed by atoms with Crippen molar-refractivity contribution in [3.8, 4) is 0 Å². The van der Waals surface area contributed by atoms with Crippen LogP contribution < -0.4 is 10.2 Å². The number of nitrogens with zero attached hydrogens (tertiary/aromatic N) is 2. The number of thiazole rings is 1. The molecule has 2 heterocycles. The number of anilines is 2. The van der Waals surface area contributed by atoms with Gasteiger partial charge in [0.25, 0.3) is 0 Å². The second-order valence-corrected chi connectivity index (χ2v) is 6.42. The highest BCUT2D eigenvalue weighted by Gasteiger charge is 2.24. The zero-order chi connectivity index (χ0) is 16.9. The summed E-state index contributed by atoms with van der Waals surface area (Å²) in [5.74, 6) is -0.0306. The lowest BCUT2D eigenvalue weighted by atomic mass is 10.2. The Labute approximate surface area is 144 Å². The monoisotopic (exact) mass is 345 g/mol. The molecule has 0 aliphatic carbocycles. The number of para-hydroxylation sites is 1. The van der Waals surface area contributed by atoms with Gasteiger partial charge in [-0.1, -0.05) is 18.2 Å². The first-order valence-corrected chi connectivity index (χ1v) is 8.67. The molecule has 0 radical (unpaired) electrons. The van der Waals surface area contributed by atoms with Gasteiger partial charge in [0, 0.05) is 36.7 Å². The van der Waals surface area contributed by atoms with E-state index in [1.54, 1.807) is 12.0 Å². The summed E-state index contributed by atoms with van der Waals surface area (Å²) in [5, 5.41) is 5.41. The van der Waals surface area contributed by atoms with Gasteiger partial charge in [0.15, 0.2) is 5.13 Å². The molecule has 1 aromatic heterocycles. The van der Waals surface area contributed by atoms with Gasteiger partial charge in [-0.3, -0.25) is 14.5 Å². The Morgan fingerprint density at radius 3 is 3.00 bits per heavy atom. The van der Waals surface area contributed by atoms with E-state index in [4.69, 9.17) is 4.74 Å². The number of rotatable bonds is 6. The lowest BCUT2D eigenvalue weighted by Crippen LogP contribution is -2.23. The van der Waals surface area contributed by atoms with E-state index in [1.807, 2.05) is 29.6 Å². The summed E-state index contributed by atoms with van der Waals surface area (Å²) in [4.78, 5) is 30.1. The van der Waals surface area contributed by atoms with E-state index < -0.39 is 0 Å². The number of benzene rings is 1. The van der Waals surface area contributed by atoms with Gasteiger partial charge in [-0.15, -0.1) is 11.3 Å². The highest BCUT2D eigenvalue weighted by Crippen LogP contribution is 2.25. The summed E-state index contributed by atoms with van der Waals surface area (Å²) in [7, 11) is 1.62. The number of hydrogen-bond acceptors (Lipinski definition) is 5. The zero-order valence-corrected chi connectivity index (χ0v) is 14.3. The van der Waals surface area contributed by atoms with E-state index in [0.29, 0.717) is 30.4 Å². The third kappa shape index (κ3) is 3.80. The van der Waals surface area contributed by atoms with E-state index in [2.05, 4.69) is 10.3 Å². The van der Waals surface area contributed by atoms with Gasteiger partial charge in [-0.2, -0.15) is 0 Å². The quantitative estimate of drug-likeness (QED) is 0.873. The molecule has 1 saturated heterocycles. The van der Waals surface area contributed by atoms with E-state index in [-0.39, 0.29) is 18.2 Å². The Morgan fingerprint density at radius 1 is 1.42 bits per heavy atom. The van der Waals surface area contributed by atoms with Crippen LogP contribution in [0.4, 0.5) is 10.8 Å². The summed E-state index contributed by atoms with van der Waals surface area (Å²) in [6, 6.07) is 7.54. The van der Waals surface area contributed by atoms with Crippen LogP contribution in [-0.4, -0.2) is 30.5 Å². The molecule has 0 unspecified atom stereocenters. The normalized spacial score (nSPS) is 14.2. The number of ether oxygens (including phenoxy) is 1. The van der Waals surface area contributed by atoms with Crippen molar-refractivity contribution in [3.05, 3.63) is 40.9 Å². The van der Waals surface area contributed by atoms with Crippen LogP contribution in [0.25, 0.3) is 0 Å². The molecule has 2 aromatic rings. The molecule has 3 rings (SSSR count). The minimum atomic E-state index is -0.136. The molecule has 6 nitrogen and oxygen atoms in total. The first kappa shape index (κ1) is 16.6. The van der Waals surface area contributed by atoms with Crippen molar-refractivity contribution < 1.29 is 14.3 Å². The molecule has 7 heteroatoms. The van der Waals surface area contributed by atoms with Gasteiger partial charge >= 0.3 is 0 Å². The maximum absolute atomic E-state index is 12.3. The summed E-state index contributed by atoms with van der Waals surface area (Å²) < 4.78 is 5.14. The van der Waals surface area contributed by atoms with Crippen molar-refractivity contribution in [2.75, 3.05) is 23.9 Å². The van der Waals surface area contributed by atoms with Crippen LogP contribution in [0.5, 0.6) is 0 Å². The highest BCUT2D eigenvalue weighted by molar-refractivity contribution is 7.14. The number of hydrogen-bond donors (Lipinski definition) is 1. The molecule has 1 N–H and O–H groups in total. The fourth-order valence-electron chi connectivity index (χ4n) is 2.63. The molecule has 1 aromatic carbocycles. The molecule has 0 spiro atoms. The first-order chi connectivity index (χ1) is 11.7. The van der Waals surface area contributed by atoms with Crippen molar-refractivity contribution >= 4 is 34.0 Å². The summed E-state index contributed by atoms with van der Waals surface area (Å²) in [6.45, 7) is 1.15. The number of carbonyl (C=O) groups is 2. The topological polar surface area (TPSA) is 71.5 Å². The van der Waals surface area contributed by atoms with Gasteiger partial charge in [0.1, 0.15) is 0 Å². The maximum Gasteiger partial charge on any atom is 0.230 e. The molecule has 0 bridgehead atoms. The number of carbonyl (C=O) groups excluding carboxylic acids is 2.